The van der Waals surface area contributed by atoms with Gasteiger partial charge < -0.3 is 4.90 Å². The molecule has 1 fully saturated rings. The highest BCUT2D eigenvalue weighted by atomic mass is 35.5. The Morgan fingerprint density at radius 3 is 2.64 bits per heavy atom. The number of carbonyl (C=O) groups excluding carboxylic acids is 1. The Hall–Kier alpha value is -2.66. The molecule has 0 saturated carbocycles. The molecule has 0 N–H and O–H groups in total. The van der Waals surface area contributed by atoms with Crippen LogP contribution >= 0.6 is 11.6 Å². The summed E-state index contributed by atoms with van der Waals surface area (Å²) in [6, 6.07) is 17.5. The van der Waals surface area contributed by atoms with Gasteiger partial charge in [0, 0.05) is 24.0 Å². The lowest BCUT2D eigenvalue weighted by Crippen LogP contribution is -2.28. The van der Waals surface area contributed by atoms with E-state index in [1.165, 1.54) is 0 Å². The zero-order valence-corrected chi connectivity index (χ0v) is 14.3. The average molecular weight is 353 g/mol. The molecule has 5 nitrogen and oxygen atoms in total. The van der Waals surface area contributed by atoms with E-state index in [1.807, 2.05) is 59.5 Å². The van der Waals surface area contributed by atoms with Crippen LogP contribution in [0.4, 0.5) is 0 Å². The Kier molecular flexibility index (Phi) is 4.24. The maximum atomic E-state index is 12.7. The van der Waals surface area contributed by atoms with Gasteiger partial charge in [-0.3, -0.25) is 4.79 Å². The van der Waals surface area contributed by atoms with Crippen molar-refractivity contribution < 1.29 is 4.79 Å². The predicted octanol–water partition coefficient (Wildman–Crippen LogP) is 3.55. The van der Waals surface area contributed by atoms with E-state index in [4.69, 9.17) is 11.6 Å². The van der Waals surface area contributed by atoms with E-state index < -0.39 is 0 Å². The van der Waals surface area contributed by atoms with Crippen molar-refractivity contribution in [1.82, 2.24) is 19.9 Å². The topological polar surface area (TPSA) is 51.0 Å². The first-order valence-electron chi connectivity index (χ1n) is 8.24. The summed E-state index contributed by atoms with van der Waals surface area (Å²) in [4.78, 5) is 14.6. The first kappa shape index (κ1) is 15.8. The minimum atomic E-state index is -0.0864. The van der Waals surface area contributed by atoms with E-state index in [-0.39, 0.29) is 11.8 Å². The lowest BCUT2D eigenvalue weighted by Gasteiger charge is -2.15. The van der Waals surface area contributed by atoms with Gasteiger partial charge in [0.05, 0.1) is 11.9 Å². The number of halogens is 1. The Bertz CT molecular complexity index is 893. The van der Waals surface area contributed by atoms with Gasteiger partial charge in [-0.2, -0.15) is 0 Å². The summed E-state index contributed by atoms with van der Waals surface area (Å²) < 4.78 is 1.62. The summed E-state index contributed by atoms with van der Waals surface area (Å²) in [6.45, 7) is 1.35. The molecule has 1 aliphatic heterocycles. The number of benzene rings is 2. The van der Waals surface area contributed by atoms with Crippen LogP contribution in [0.2, 0.25) is 5.02 Å². The molecule has 1 amide bonds. The SMILES string of the molecule is O=C(c1cn(-c2ccccc2)nn1)N1CC[C@H](c2ccccc2Cl)C1. The zero-order valence-electron chi connectivity index (χ0n) is 13.5. The van der Waals surface area contributed by atoms with Crippen LogP contribution in [0.25, 0.3) is 5.69 Å². The van der Waals surface area contributed by atoms with Gasteiger partial charge in [-0.05, 0) is 30.2 Å². The van der Waals surface area contributed by atoms with Gasteiger partial charge in [0.15, 0.2) is 5.69 Å². The van der Waals surface area contributed by atoms with E-state index in [1.54, 1.807) is 10.9 Å². The van der Waals surface area contributed by atoms with Crippen molar-refractivity contribution in [2.75, 3.05) is 13.1 Å². The zero-order chi connectivity index (χ0) is 17.2. The molecule has 126 valence electrons. The van der Waals surface area contributed by atoms with Crippen molar-refractivity contribution in [2.45, 2.75) is 12.3 Å². The van der Waals surface area contributed by atoms with Crippen LogP contribution in [0.1, 0.15) is 28.4 Å². The summed E-state index contributed by atoms with van der Waals surface area (Å²) in [5, 5.41) is 8.88. The number of likely N-dealkylation sites (tertiary alicyclic amines) is 1. The van der Waals surface area contributed by atoms with Gasteiger partial charge in [-0.1, -0.05) is 53.2 Å². The molecule has 6 heteroatoms. The van der Waals surface area contributed by atoms with E-state index in [9.17, 15) is 4.79 Å². The molecule has 4 rings (SSSR count). The molecule has 0 aliphatic carbocycles. The number of hydrogen-bond donors (Lipinski definition) is 0. The van der Waals surface area contributed by atoms with Crippen molar-refractivity contribution in [2.24, 2.45) is 0 Å². The van der Waals surface area contributed by atoms with Crippen molar-refractivity contribution in [1.29, 1.82) is 0 Å². The highest BCUT2D eigenvalue weighted by Crippen LogP contribution is 2.32. The standard InChI is InChI=1S/C19H17ClN4O/c20-17-9-5-4-8-16(17)14-10-11-23(12-14)19(25)18-13-24(22-21-18)15-6-2-1-3-7-15/h1-9,13-14H,10-12H2/t14-/m0/s1. The quantitative estimate of drug-likeness (QED) is 0.724. The first-order chi connectivity index (χ1) is 12.2. The summed E-state index contributed by atoms with van der Waals surface area (Å²) in [5.74, 6) is 0.179. The molecule has 1 atom stereocenters. The Morgan fingerprint density at radius 1 is 1.08 bits per heavy atom. The maximum Gasteiger partial charge on any atom is 0.276 e. The maximum absolute atomic E-state index is 12.7. The van der Waals surface area contributed by atoms with Crippen molar-refractivity contribution >= 4 is 17.5 Å². The summed E-state index contributed by atoms with van der Waals surface area (Å²) in [7, 11) is 0. The lowest BCUT2D eigenvalue weighted by molar-refractivity contribution is 0.0785. The number of nitrogens with zero attached hydrogens (tertiary/aromatic N) is 4. The Morgan fingerprint density at radius 2 is 1.84 bits per heavy atom. The average Bonchev–Trinajstić information content (AvgIpc) is 3.32. The van der Waals surface area contributed by atoms with E-state index >= 15 is 0 Å². The van der Waals surface area contributed by atoms with E-state index in [0.29, 0.717) is 18.8 Å². The fourth-order valence-electron chi connectivity index (χ4n) is 3.24. The van der Waals surface area contributed by atoms with Crippen molar-refractivity contribution in [3.05, 3.63) is 77.1 Å². The molecule has 0 spiro atoms. The molecule has 0 bridgehead atoms. The first-order valence-corrected chi connectivity index (χ1v) is 8.61. The van der Waals surface area contributed by atoms with E-state index in [2.05, 4.69) is 10.3 Å². The smallest absolute Gasteiger partial charge is 0.276 e. The fourth-order valence-corrected chi connectivity index (χ4v) is 3.53. The molecule has 3 aromatic rings. The molecule has 2 aromatic carbocycles. The van der Waals surface area contributed by atoms with Gasteiger partial charge in [0.1, 0.15) is 0 Å². The Balaban J connectivity index is 1.49. The number of carbonyl (C=O) groups is 1. The molecule has 25 heavy (non-hydrogen) atoms. The molecular weight excluding hydrogens is 336 g/mol. The predicted molar refractivity (Wildman–Crippen MR) is 96.1 cm³/mol. The van der Waals surface area contributed by atoms with Crippen LogP contribution in [-0.4, -0.2) is 38.9 Å². The number of amides is 1. The van der Waals surface area contributed by atoms with Gasteiger partial charge >= 0.3 is 0 Å². The van der Waals surface area contributed by atoms with E-state index in [0.717, 1.165) is 22.7 Å². The highest BCUT2D eigenvalue weighted by Gasteiger charge is 2.30. The fraction of sp³-hybridized carbons (Fsp3) is 0.211. The Labute approximate surface area is 150 Å². The third-order valence-corrected chi connectivity index (χ3v) is 4.90. The second-order valence-corrected chi connectivity index (χ2v) is 6.55. The number of aromatic nitrogens is 3. The van der Waals surface area contributed by atoms with Crippen LogP contribution in [0.3, 0.4) is 0 Å². The molecule has 1 aromatic heterocycles. The number of hydrogen-bond acceptors (Lipinski definition) is 3. The van der Waals surface area contributed by atoms with Crippen LogP contribution in [-0.2, 0) is 0 Å². The minimum absolute atomic E-state index is 0.0864. The molecular formula is C19H17ClN4O. The molecule has 1 saturated heterocycles. The van der Waals surface area contributed by atoms with Crippen LogP contribution in [0.15, 0.2) is 60.8 Å². The van der Waals surface area contributed by atoms with Crippen LogP contribution < -0.4 is 0 Å². The van der Waals surface area contributed by atoms with Crippen LogP contribution in [0, 0.1) is 0 Å². The highest BCUT2D eigenvalue weighted by molar-refractivity contribution is 6.31. The third-order valence-electron chi connectivity index (χ3n) is 4.55. The summed E-state index contributed by atoms with van der Waals surface area (Å²) >= 11 is 6.29. The number of para-hydroxylation sites is 1. The molecule has 0 radical (unpaired) electrons. The third kappa shape index (κ3) is 3.15. The molecule has 1 aliphatic rings. The van der Waals surface area contributed by atoms with Gasteiger partial charge in [0.25, 0.3) is 5.91 Å². The molecule has 2 heterocycles. The van der Waals surface area contributed by atoms with Gasteiger partial charge in [0.2, 0.25) is 0 Å². The second kappa shape index (κ2) is 6.69. The monoisotopic (exact) mass is 352 g/mol. The molecule has 0 unspecified atom stereocenters. The van der Waals surface area contributed by atoms with Gasteiger partial charge in [-0.15, -0.1) is 5.10 Å². The second-order valence-electron chi connectivity index (χ2n) is 6.14. The minimum Gasteiger partial charge on any atom is -0.337 e. The largest absolute Gasteiger partial charge is 0.337 e. The van der Waals surface area contributed by atoms with Crippen molar-refractivity contribution in [3.8, 4) is 5.69 Å². The summed E-state index contributed by atoms with van der Waals surface area (Å²) in [5.41, 5.74) is 2.35. The normalized spacial score (nSPS) is 17.0. The van der Waals surface area contributed by atoms with Crippen LogP contribution in [0.5, 0.6) is 0 Å². The summed E-state index contributed by atoms with van der Waals surface area (Å²) in [6.07, 6.45) is 2.59. The van der Waals surface area contributed by atoms with Gasteiger partial charge in [-0.25, -0.2) is 4.68 Å². The lowest BCUT2D eigenvalue weighted by atomic mass is 9.98. The number of rotatable bonds is 3. The van der Waals surface area contributed by atoms with Crippen molar-refractivity contribution in [3.63, 3.8) is 0 Å².